The minimum Gasteiger partial charge on any atom is -0.332 e. The number of nitro groups is 1. The van der Waals surface area contributed by atoms with Gasteiger partial charge in [-0.25, -0.2) is 9.50 Å². The van der Waals surface area contributed by atoms with Crippen LogP contribution in [0.2, 0.25) is 0 Å². The smallest absolute Gasteiger partial charge is 0.332 e. The van der Waals surface area contributed by atoms with Crippen molar-refractivity contribution in [2.24, 2.45) is 0 Å². The lowest BCUT2D eigenvalue weighted by molar-refractivity contribution is -0.384. The van der Waals surface area contributed by atoms with Crippen LogP contribution in [0, 0.1) is 10.1 Å². The zero-order valence-corrected chi connectivity index (χ0v) is 18.9. The van der Waals surface area contributed by atoms with Gasteiger partial charge in [-0.15, -0.1) is 0 Å². The van der Waals surface area contributed by atoms with Gasteiger partial charge in [-0.2, -0.15) is 23.3 Å². The first-order valence-electron chi connectivity index (χ1n) is 10.8. The normalized spacial score (nSPS) is 11.9. The summed E-state index contributed by atoms with van der Waals surface area (Å²) in [6.07, 6.45) is -4.70. The summed E-state index contributed by atoms with van der Waals surface area (Å²) < 4.78 is 47.7. The zero-order chi connectivity index (χ0) is 25.6. The Hall–Kier alpha value is -4.61. The van der Waals surface area contributed by atoms with Crippen molar-refractivity contribution in [3.05, 3.63) is 82.0 Å². The molecule has 0 radical (unpaired) electrons. The van der Waals surface area contributed by atoms with Crippen LogP contribution in [0.4, 0.5) is 18.9 Å². The van der Waals surface area contributed by atoms with E-state index in [0.29, 0.717) is 15.6 Å². The molecule has 0 saturated heterocycles. The average molecular weight is 494 g/mol. The molecule has 0 N–H and O–H groups in total. The molecular weight excluding hydrogens is 477 g/mol. The fourth-order valence-electron chi connectivity index (χ4n) is 3.64. The first-order valence-corrected chi connectivity index (χ1v) is 10.8. The van der Waals surface area contributed by atoms with Crippen molar-refractivity contribution in [2.45, 2.75) is 25.9 Å². The summed E-state index contributed by atoms with van der Waals surface area (Å²) in [5.74, 6) is 0.264. The predicted octanol–water partition coefficient (Wildman–Crippen LogP) is 6.16. The van der Waals surface area contributed by atoms with Crippen LogP contribution in [0.15, 0.2) is 65.2 Å². The maximum absolute atomic E-state index is 13.9. The second-order valence-corrected chi connectivity index (χ2v) is 8.33. The number of aromatic nitrogens is 5. The van der Waals surface area contributed by atoms with Gasteiger partial charge >= 0.3 is 6.18 Å². The molecule has 9 nitrogen and oxygen atoms in total. The third-order valence-electron chi connectivity index (χ3n) is 5.57. The molecule has 2 aromatic carbocycles. The highest BCUT2D eigenvalue weighted by atomic mass is 19.4. The second-order valence-electron chi connectivity index (χ2n) is 8.33. The fraction of sp³-hybridized carbons (Fsp3) is 0.167. The predicted molar refractivity (Wildman–Crippen MR) is 123 cm³/mol. The van der Waals surface area contributed by atoms with E-state index in [4.69, 9.17) is 4.52 Å². The Morgan fingerprint density at radius 2 is 1.61 bits per heavy atom. The number of halogens is 3. The van der Waals surface area contributed by atoms with E-state index in [0.717, 1.165) is 11.6 Å². The summed E-state index contributed by atoms with van der Waals surface area (Å²) in [6.45, 7) is 4.05. The number of nitrogens with zero attached hydrogens (tertiary/aromatic N) is 6. The van der Waals surface area contributed by atoms with Gasteiger partial charge in [0.25, 0.3) is 11.6 Å². The summed E-state index contributed by atoms with van der Waals surface area (Å²) in [4.78, 5) is 18.9. The Kier molecular flexibility index (Phi) is 5.50. The van der Waals surface area contributed by atoms with Gasteiger partial charge in [0.05, 0.1) is 10.6 Å². The molecule has 3 heterocycles. The maximum atomic E-state index is 13.9. The van der Waals surface area contributed by atoms with Crippen molar-refractivity contribution >= 4 is 11.3 Å². The second kappa shape index (κ2) is 8.56. The molecule has 0 aliphatic carbocycles. The molecular formula is C24H17F3N6O3. The molecule has 0 saturated carbocycles. The average Bonchev–Trinajstić information content (AvgIpc) is 3.50. The monoisotopic (exact) mass is 494 g/mol. The highest BCUT2D eigenvalue weighted by Crippen LogP contribution is 2.34. The van der Waals surface area contributed by atoms with Gasteiger partial charge in [0.15, 0.2) is 17.0 Å². The van der Waals surface area contributed by atoms with E-state index in [9.17, 15) is 23.3 Å². The van der Waals surface area contributed by atoms with Gasteiger partial charge in [0.1, 0.15) is 0 Å². The van der Waals surface area contributed by atoms with Crippen molar-refractivity contribution in [1.29, 1.82) is 0 Å². The van der Waals surface area contributed by atoms with Crippen molar-refractivity contribution in [1.82, 2.24) is 24.7 Å². The molecule has 0 aliphatic heterocycles. The highest BCUT2D eigenvalue weighted by Gasteiger charge is 2.35. The topological polar surface area (TPSA) is 112 Å². The Morgan fingerprint density at radius 3 is 2.22 bits per heavy atom. The van der Waals surface area contributed by atoms with E-state index >= 15 is 0 Å². The van der Waals surface area contributed by atoms with Gasteiger partial charge < -0.3 is 4.52 Å². The number of alkyl halides is 3. The molecule has 36 heavy (non-hydrogen) atoms. The van der Waals surface area contributed by atoms with E-state index in [1.807, 2.05) is 26.0 Å². The summed E-state index contributed by atoms with van der Waals surface area (Å²) in [5.41, 5.74) is 1.02. The number of hydrogen-bond donors (Lipinski definition) is 0. The summed E-state index contributed by atoms with van der Waals surface area (Å²) >= 11 is 0. The van der Waals surface area contributed by atoms with Gasteiger partial charge in [0.2, 0.25) is 5.82 Å². The van der Waals surface area contributed by atoms with Crippen LogP contribution in [0.1, 0.15) is 31.0 Å². The summed E-state index contributed by atoms with van der Waals surface area (Å²) in [5, 5.41) is 18.7. The van der Waals surface area contributed by atoms with Crippen molar-refractivity contribution in [3.8, 4) is 34.2 Å². The number of fused-ring (bicyclic) bond motifs is 1. The molecule has 0 bridgehead atoms. The Labute approximate surface area is 201 Å². The minimum absolute atomic E-state index is 0.000896. The quantitative estimate of drug-likeness (QED) is 0.212. The van der Waals surface area contributed by atoms with Crippen LogP contribution in [0.3, 0.4) is 0 Å². The van der Waals surface area contributed by atoms with E-state index in [-0.39, 0.29) is 40.4 Å². The van der Waals surface area contributed by atoms with Crippen LogP contribution in [0.5, 0.6) is 0 Å². The highest BCUT2D eigenvalue weighted by molar-refractivity contribution is 5.66. The number of benzene rings is 2. The zero-order valence-electron chi connectivity index (χ0n) is 18.9. The van der Waals surface area contributed by atoms with Crippen molar-refractivity contribution in [2.75, 3.05) is 0 Å². The summed E-state index contributed by atoms with van der Waals surface area (Å²) in [7, 11) is 0. The number of nitro benzene ring substituents is 1. The first-order chi connectivity index (χ1) is 17.1. The molecule has 0 unspecified atom stereocenters. The number of non-ortho nitro benzene ring substituents is 1. The third-order valence-corrected chi connectivity index (χ3v) is 5.57. The van der Waals surface area contributed by atoms with E-state index < -0.39 is 16.8 Å². The van der Waals surface area contributed by atoms with Crippen LogP contribution in [0.25, 0.3) is 39.9 Å². The molecule has 0 spiro atoms. The first kappa shape index (κ1) is 23.1. The van der Waals surface area contributed by atoms with Gasteiger partial charge in [-0.3, -0.25) is 10.1 Å². The molecule has 0 atom stereocenters. The van der Waals surface area contributed by atoms with Crippen LogP contribution in [-0.2, 0) is 6.18 Å². The van der Waals surface area contributed by atoms with Gasteiger partial charge in [0, 0.05) is 29.3 Å². The van der Waals surface area contributed by atoms with Crippen LogP contribution < -0.4 is 0 Å². The van der Waals surface area contributed by atoms with E-state index in [1.165, 1.54) is 30.3 Å². The Bertz CT molecular complexity index is 1570. The molecule has 182 valence electrons. The largest absolute Gasteiger partial charge is 0.433 e. The van der Waals surface area contributed by atoms with Crippen molar-refractivity contribution < 1.29 is 22.6 Å². The van der Waals surface area contributed by atoms with Crippen molar-refractivity contribution in [3.63, 3.8) is 0 Å². The molecule has 0 fully saturated rings. The Balaban J connectivity index is 1.55. The minimum atomic E-state index is -4.70. The maximum Gasteiger partial charge on any atom is 0.433 e. The van der Waals surface area contributed by atoms with Crippen LogP contribution >= 0.6 is 0 Å². The molecule has 5 rings (SSSR count). The third kappa shape index (κ3) is 4.28. The Morgan fingerprint density at radius 1 is 0.944 bits per heavy atom. The summed E-state index contributed by atoms with van der Waals surface area (Å²) in [6, 6.07) is 14.9. The van der Waals surface area contributed by atoms with Gasteiger partial charge in [-0.1, -0.05) is 43.3 Å². The lowest BCUT2D eigenvalue weighted by atomic mass is 10.0. The SMILES string of the molecule is CC(C)c1ccc(-c2cc(C(F)(F)F)n3nc(-c4nc(-c5ccc([N+](=O)[O-])cc5)no4)cc3n2)cc1. The number of hydrogen-bond acceptors (Lipinski definition) is 7. The standard InChI is InChI=1S/C24H17F3N6O3/c1-13(2)14-3-5-15(6-4-14)18-11-20(24(25,26)27)32-21(28-18)12-19(30-32)23-29-22(31-36-23)16-7-9-17(10-8-16)33(34)35/h3-13H,1-2H3. The lowest BCUT2D eigenvalue weighted by Gasteiger charge is -2.11. The van der Waals surface area contributed by atoms with Gasteiger partial charge in [-0.05, 0) is 29.7 Å². The molecule has 0 aliphatic rings. The van der Waals surface area contributed by atoms with E-state index in [2.05, 4.69) is 20.2 Å². The molecule has 3 aromatic heterocycles. The molecule has 12 heteroatoms. The lowest BCUT2D eigenvalue weighted by Crippen LogP contribution is -2.13. The molecule has 5 aromatic rings. The fourth-order valence-corrected chi connectivity index (χ4v) is 3.64. The number of rotatable bonds is 5. The van der Waals surface area contributed by atoms with E-state index in [1.54, 1.807) is 12.1 Å². The molecule has 0 amide bonds. The van der Waals surface area contributed by atoms with Crippen LogP contribution in [-0.4, -0.2) is 29.7 Å².